The molecule has 1 aliphatic rings. The van der Waals surface area contributed by atoms with Crippen LogP contribution in [0, 0.1) is 10.1 Å². The van der Waals surface area contributed by atoms with Gasteiger partial charge in [0.05, 0.1) is 4.92 Å². The first-order valence-electron chi connectivity index (χ1n) is 7.79. The van der Waals surface area contributed by atoms with E-state index in [1.54, 1.807) is 18.2 Å². The molecule has 0 aliphatic carbocycles. The second-order valence-corrected chi connectivity index (χ2v) is 6.74. The quantitative estimate of drug-likeness (QED) is 0.286. The van der Waals surface area contributed by atoms with Crippen molar-refractivity contribution in [2.24, 2.45) is 0 Å². The van der Waals surface area contributed by atoms with E-state index >= 15 is 0 Å². The number of Topliss-reactive ketones (excluding diaryl/α,β-unsaturated/α-hetero) is 1. The van der Waals surface area contributed by atoms with E-state index in [4.69, 9.17) is 14.2 Å². The molecule has 0 amide bonds. The van der Waals surface area contributed by atoms with Crippen LogP contribution < -0.4 is 9.47 Å². The molecular formula is C18H11NO7S. The van der Waals surface area contributed by atoms with Crippen molar-refractivity contribution in [2.45, 2.75) is 0 Å². The number of nitro benzene ring substituents is 1. The summed E-state index contributed by atoms with van der Waals surface area (Å²) >= 11 is 1.14. The number of carbonyl (C=O) groups excluding carboxylic acids is 2. The van der Waals surface area contributed by atoms with Crippen molar-refractivity contribution in [1.82, 2.24) is 0 Å². The van der Waals surface area contributed by atoms with Gasteiger partial charge in [-0.25, -0.2) is 4.79 Å². The van der Waals surface area contributed by atoms with Gasteiger partial charge in [0.1, 0.15) is 4.88 Å². The highest BCUT2D eigenvalue weighted by Crippen LogP contribution is 2.33. The van der Waals surface area contributed by atoms with Gasteiger partial charge >= 0.3 is 5.97 Å². The Hall–Kier alpha value is -3.46. The lowest BCUT2D eigenvalue weighted by atomic mass is 10.1. The van der Waals surface area contributed by atoms with Gasteiger partial charge in [0.2, 0.25) is 6.79 Å². The Morgan fingerprint density at radius 2 is 1.93 bits per heavy atom. The maximum Gasteiger partial charge on any atom is 0.348 e. The van der Waals surface area contributed by atoms with Crippen LogP contribution in [0.1, 0.15) is 20.0 Å². The van der Waals surface area contributed by atoms with Crippen molar-refractivity contribution in [2.75, 3.05) is 13.4 Å². The normalized spacial score (nSPS) is 12.1. The van der Waals surface area contributed by atoms with Crippen LogP contribution in [0.25, 0.3) is 10.1 Å². The zero-order valence-corrected chi connectivity index (χ0v) is 14.5. The van der Waals surface area contributed by atoms with E-state index in [0.29, 0.717) is 22.4 Å². The van der Waals surface area contributed by atoms with Crippen LogP contribution in [0.5, 0.6) is 11.5 Å². The molecule has 0 fully saturated rings. The smallest absolute Gasteiger partial charge is 0.348 e. The van der Waals surface area contributed by atoms with E-state index in [1.165, 1.54) is 24.3 Å². The van der Waals surface area contributed by atoms with Crippen molar-refractivity contribution >= 4 is 38.9 Å². The number of fused-ring (bicyclic) bond motifs is 2. The van der Waals surface area contributed by atoms with Gasteiger partial charge in [-0.2, -0.15) is 0 Å². The summed E-state index contributed by atoms with van der Waals surface area (Å²) < 4.78 is 16.2. The summed E-state index contributed by atoms with van der Waals surface area (Å²) in [6.07, 6.45) is 0. The maximum absolute atomic E-state index is 12.2. The standard InChI is InChI=1S/C18H11NO7S/c20-13(10-1-3-14-15(6-10)26-9-25-14)8-24-18(21)17-7-11-5-12(19(22)23)2-4-16(11)27-17/h1-7H,8-9H2. The van der Waals surface area contributed by atoms with Crippen molar-refractivity contribution < 1.29 is 28.7 Å². The highest BCUT2D eigenvalue weighted by atomic mass is 32.1. The molecule has 1 aliphatic heterocycles. The third kappa shape index (κ3) is 3.32. The molecule has 0 bridgehead atoms. The second kappa shape index (κ2) is 6.69. The number of carbonyl (C=O) groups is 2. The van der Waals surface area contributed by atoms with Crippen LogP contribution in [0.15, 0.2) is 42.5 Å². The molecule has 2 heterocycles. The van der Waals surface area contributed by atoms with Crippen LogP contribution in [-0.4, -0.2) is 30.1 Å². The monoisotopic (exact) mass is 385 g/mol. The van der Waals surface area contributed by atoms with Crippen molar-refractivity contribution in [3.05, 3.63) is 63.0 Å². The van der Waals surface area contributed by atoms with Gasteiger partial charge in [-0.05, 0) is 30.3 Å². The number of non-ortho nitro benzene ring substituents is 1. The summed E-state index contributed by atoms with van der Waals surface area (Å²) in [6, 6.07) is 10.6. The first-order valence-corrected chi connectivity index (χ1v) is 8.61. The zero-order chi connectivity index (χ0) is 19.0. The van der Waals surface area contributed by atoms with E-state index in [-0.39, 0.29) is 23.1 Å². The van der Waals surface area contributed by atoms with E-state index in [2.05, 4.69) is 0 Å². The highest BCUT2D eigenvalue weighted by Gasteiger charge is 2.19. The van der Waals surface area contributed by atoms with Crippen LogP contribution in [0.3, 0.4) is 0 Å². The molecule has 3 aromatic rings. The zero-order valence-electron chi connectivity index (χ0n) is 13.7. The van der Waals surface area contributed by atoms with Crippen LogP contribution in [0.4, 0.5) is 5.69 Å². The van der Waals surface area contributed by atoms with Crippen molar-refractivity contribution in [3.8, 4) is 11.5 Å². The number of nitrogens with zero attached hydrogens (tertiary/aromatic N) is 1. The van der Waals surface area contributed by atoms with Crippen molar-refractivity contribution in [1.29, 1.82) is 0 Å². The Bertz CT molecular complexity index is 1090. The lowest BCUT2D eigenvalue weighted by Crippen LogP contribution is -2.13. The molecule has 0 spiro atoms. The van der Waals surface area contributed by atoms with Gasteiger partial charge in [0.15, 0.2) is 23.9 Å². The minimum absolute atomic E-state index is 0.0572. The molecule has 27 heavy (non-hydrogen) atoms. The van der Waals surface area contributed by atoms with Crippen molar-refractivity contribution in [3.63, 3.8) is 0 Å². The minimum atomic E-state index is -0.659. The lowest BCUT2D eigenvalue weighted by Gasteiger charge is -2.04. The maximum atomic E-state index is 12.2. The minimum Gasteiger partial charge on any atom is -0.454 e. The number of rotatable bonds is 5. The van der Waals surface area contributed by atoms with E-state index in [0.717, 1.165) is 16.0 Å². The number of nitro groups is 1. The molecule has 1 aromatic heterocycles. The van der Waals surface area contributed by atoms with Gasteiger partial charge in [0, 0.05) is 27.8 Å². The third-order valence-corrected chi connectivity index (χ3v) is 5.04. The summed E-state index contributed by atoms with van der Waals surface area (Å²) in [5.74, 6) is -0.00691. The predicted octanol–water partition coefficient (Wildman–Crippen LogP) is 3.58. The largest absolute Gasteiger partial charge is 0.454 e. The van der Waals surface area contributed by atoms with Crippen LogP contribution in [-0.2, 0) is 4.74 Å². The number of ether oxygens (including phenoxy) is 3. The number of hydrogen-bond donors (Lipinski definition) is 0. The molecule has 0 atom stereocenters. The van der Waals surface area contributed by atoms with E-state index in [1.807, 2.05) is 0 Å². The van der Waals surface area contributed by atoms with E-state index in [9.17, 15) is 19.7 Å². The van der Waals surface area contributed by atoms with Gasteiger partial charge < -0.3 is 14.2 Å². The van der Waals surface area contributed by atoms with Gasteiger partial charge in [-0.3, -0.25) is 14.9 Å². The summed E-state index contributed by atoms with van der Waals surface area (Å²) in [5, 5.41) is 11.4. The number of benzene rings is 2. The molecule has 9 heteroatoms. The molecule has 0 unspecified atom stereocenters. The topological polar surface area (TPSA) is 105 Å². The Kier molecular flexibility index (Phi) is 4.21. The molecular weight excluding hydrogens is 374 g/mol. The highest BCUT2D eigenvalue weighted by molar-refractivity contribution is 7.20. The summed E-state index contributed by atoms with van der Waals surface area (Å²) in [4.78, 5) is 35.0. The predicted molar refractivity (Wildman–Crippen MR) is 95.7 cm³/mol. The number of hydrogen-bond acceptors (Lipinski definition) is 8. The summed E-state index contributed by atoms with van der Waals surface area (Å²) in [6.45, 7) is -0.321. The molecule has 2 aromatic carbocycles. The first-order chi connectivity index (χ1) is 13.0. The Balaban J connectivity index is 1.45. The number of ketones is 1. The summed E-state index contributed by atoms with van der Waals surface area (Å²) in [5.41, 5.74) is 0.289. The van der Waals surface area contributed by atoms with Gasteiger partial charge in [-0.1, -0.05) is 0 Å². The fraction of sp³-hybridized carbons (Fsp3) is 0.111. The molecule has 0 saturated carbocycles. The Morgan fingerprint density at radius 3 is 2.74 bits per heavy atom. The van der Waals surface area contributed by atoms with Gasteiger partial charge in [-0.15, -0.1) is 11.3 Å². The SMILES string of the molecule is O=C(COC(=O)c1cc2cc([N+](=O)[O-])ccc2s1)c1ccc2c(c1)OCO2. The average Bonchev–Trinajstić information content (AvgIpc) is 3.30. The molecule has 0 radical (unpaired) electrons. The van der Waals surface area contributed by atoms with Crippen LogP contribution in [0.2, 0.25) is 0 Å². The average molecular weight is 385 g/mol. The fourth-order valence-corrected chi connectivity index (χ4v) is 3.54. The van der Waals surface area contributed by atoms with Crippen LogP contribution >= 0.6 is 11.3 Å². The summed E-state index contributed by atoms with van der Waals surface area (Å²) in [7, 11) is 0. The molecule has 8 nitrogen and oxygen atoms in total. The Morgan fingerprint density at radius 1 is 1.11 bits per heavy atom. The third-order valence-electron chi connectivity index (χ3n) is 3.94. The number of thiophene rings is 1. The fourth-order valence-electron chi connectivity index (χ4n) is 2.60. The molecule has 4 rings (SSSR count). The first kappa shape index (κ1) is 17.0. The number of esters is 1. The van der Waals surface area contributed by atoms with E-state index < -0.39 is 17.5 Å². The second-order valence-electron chi connectivity index (χ2n) is 5.66. The molecule has 0 saturated heterocycles. The lowest BCUT2D eigenvalue weighted by molar-refractivity contribution is -0.384. The van der Waals surface area contributed by atoms with Gasteiger partial charge in [0.25, 0.3) is 5.69 Å². The Labute approximate surface area is 156 Å². The molecule has 136 valence electrons. The molecule has 0 N–H and O–H groups in total.